The Morgan fingerprint density at radius 2 is 1.00 bits per heavy atom. The Labute approximate surface area is 142 Å². The normalized spacial score (nSPS) is 3.86. The van der Waals surface area contributed by atoms with Gasteiger partial charge in [-0.2, -0.15) is 0 Å². The molecule has 0 rings (SSSR count). The summed E-state index contributed by atoms with van der Waals surface area (Å²) < 4.78 is 0. The molecular formula is BBaNaO3Sr+2. The van der Waals surface area contributed by atoms with Gasteiger partial charge < -0.3 is 15.1 Å². The SMILES string of the molecule is [Ba+2].[Na+].[O-]B([O-])[O-].[Sr+2]. The average molecular weight is 307 g/mol. The van der Waals surface area contributed by atoms with Crippen molar-refractivity contribution in [1.29, 1.82) is 0 Å². The molecule has 7 heteroatoms. The van der Waals surface area contributed by atoms with Crippen molar-refractivity contribution in [2.24, 2.45) is 0 Å². The first kappa shape index (κ1) is 22.4. The van der Waals surface area contributed by atoms with E-state index in [-0.39, 0.29) is 124 Å². The van der Waals surface area contributed by atoms with E-state index in [9.17, 15) is 0 Å². The van der Waals surface area contributed by atoms with Crippen LogP contribution in [-0.2, 0) is 0 Å². The van der Waals surface area contributed by atoms with Gasteiger partial charge in [-0.05, 0) is 0 Å². The van der Waals surface area contributed by atoms with Gasteiger partial charge in [0.05, 0.1) is 0 Å². The summed E-state index contributed by atoms with van der Waals surface area (Å²) in [6.45, 7) is 0. The fourth-order valence-corrected chi connectivity index (χ4v) is 0. The molecule has 0 N–H and O–H groups in total. The smallest absolute Gasteiger partial charge is 0.907 e. The van der Waals surface area contributed by atoms with Crippen LogP contribution in [0.5, 0.6) is 0 Å². The minimum Gasteiger partial charge on any atom is -0.907 e. The molecule has 0 saturated carbocycles. The summed E-state index contributed by atoms with van der Waals surface area (Å²) in [5.74, 6) is 0. The van der Waals surface area contributed by atoms with Gasteiger partial charge in [-0.15, -0.1) is 0 Å². The topological polar surface area (TPSA) is 69.2 Å². The second-order valence-corrected chi connectivity index (χ2v) is 0.289. The van der Waals surface area contributed by atoms with E-state index in [0.29, 0.717) is 0 Å². The van der Waals surface area contributed by atoms with Crippen LogP contribution in [0.3, 0.4) is 0 Å². The first-order valence-electron chi connectivity index (χ1n) is 0.707. The van der Waals surface area contributed by atoms with E-state index in [1.165, 1.54) is 0 Å². The zero-order chi connectivity index (χ0) is 3.58. The molecule has 0 spiro atoms. The fraction of sp³-hybridized carbons (Fsp3) is 0. The van der Waals surface area contributed by atoms with Crippen molar-refractivity contribution in [2.45, 2.75) is 0 Å². The molecule has 3 nitrogen and oxygen atoms in total. The van der Waals surface area contributed by atoms with Gasteiger partial charge in [-0.1, -0.05) is 0 Å². The number of rotatable bonds is 0. The molecule has 0 aromatic heterocycles. The van der Waals surface area contributed by atoms with Gasteiger partial charge in [-0.25, -0.2) is 0 Å². The van der Waals surface area contributed by atoms with Gasteiger partial charge in [0.25, 0.3) is 0 Å². The molecule has 24 valence electrons. The quantitative estimate of drug-likeness (QED) is 0.418. The molecule has 0 unspecified atom stereocenters. The fourth-order valence-electron chi connectivity index (χ4n) is 0. The molecule has 0 aromatic rings. The van der Waals surface area contributed by atoms with Crippen molar-refractivity contribution in [1.82, 2.24) is 0 Å². The Balaban J connectivity index is -0.0000000150. The van der Waals surface area contributed by atoms with Crippen LogP contribution in [0.15, 0.2) is 0 Å². The van der Waals surface area contributed by atoms with Gasteiger partial charge in [0.2, 0.25) is 0 Å². The third-order valence-corrected chi connectivity index (χ3v) is 0. The van der Waals surface area contributed by atoms with Crippen molar-refractivity contribution in [3.63, 3.8) is 0 Å². The van der Waals surface area contributed by atoms with Crippen molar-refractivity contribution in [2.75, 3.05) is 0 Å². The van der Waals surface area contributed by atoms with E-state index in [0.717, 1.165) is 0 Å². The Hall–Kier alpha value is 4.00. The average Bonchev–Trinajstić information content (AvgIpc) is 0.811. The maximum absolute atomic E-state index is 8.42. The summed E-state index contributed by atoms with van der Waals surface area (Å²) in [6.07, 6.45) is 0. The summed E-state index contributed by atoms with van der Waals surface area (Å²) in [5, 5.41) is 25.2. The maximum Gasteiger partial charge on any atom is 2.00 e. The van der Waals surface area contributed by atoms with Crippen LogP contribution in [0.2, 0.25) is 0 Å². The monoisotopic (exact) mass is 308 g/mol. The van der Waals surface area contributed by atoms with Crippen molar-refractivity contribution in [3.05, 3.63) is 0 Å². The van der Waals surface area contributed by atoms with E-state index in [1.807, 2.05) is 0 Å². The molecule has 0 aromatic carbocycles. The summed E-state index contributed by atoms with van der Waals surface area (Å²) in [6, 6.07) is 0. The van der Waals surface area contributed by atoms with E-state index in [2.05, 4.69) is 0 Å². The number of hydrogen-bond acceptors (Lipinski definition) is 3. The van der Waals surface area contributed by atoms with Crippen LogP contribution >= 0.6 is 0 Å². The van der Waals surface area contributed by atoms with Crippen LogP contribution in [0.1, 0.15) is 0 Å². The van der Waals surface area contributed by atoms with E-state index < -0.39 is 7.32 Å². The zero-order valence-electron chi connectivity index (χ0n) is 4.22. The first-order chi connectivity index (χ1) is 1.73. The molecule has 0 heterocycles. The summed E-state index contributed by atoms with van der Waals surface area (Å²) in [5.41, 5.74) is 0. The molecule has 0 aliphatic rings. The molecular weight excluding hydrogens is 307 g/mol. The Bertz CT molecular complexity index is 19.7. The largest absolute Gasteiger partial charge is 2.00 e. The molecule has 7 heavy (non-hydrogen) atoms. The maximum atomic E-state index is 8.42. The van der Waals surface area contributed by atoms with Gasteiger partial charge in [0.1, 0.15) is 0 Å². The van der Waals surface area contributed by atoms with Crippen LogP contribution in [0, 0.1) is 0 Å². The van der Waals surface area contributed by atoms with Gasteiger partial charge >= 0.3 is 124 Å². The molecule has 0 atom stereocenters. The third kappa shape index (κ3) is 40.0. The number of hydrogen-bond donors (Lipinski definition) is 0. The Morgan fingerprint density at radius 3 is 1.00 bits per heavy atom. The van der Waals surface area contributed by atoms with Crippen molar-refractivity contribution in [3.8, 4) is 0 Å². The van der Waals surface area contributed by atoms with Crippen LogP contribution < -0.4 is 44.6 Å². The summed E-state index contributed by atoms with van der Waals surface area (Å²) >= 11 is 0. The van der Waals surface area contributed by atoms with Gasteiger partial charge in [0, 0.05) is 0 Å². The van der Waals surface area contributed by atoms with Crippen molar-refractivity contribution < 1.29 is 44.6 Å². The Morgan fingerprint density at radius 1 is 1.00 bits per heavy atom. The third-order valence-electron chi connectivity index (χ3n) is 0. The van der Waals surface area contributed by atoms with E-state index >= 15 is 0 Å². The standard InChI is InChI=1S/BO3.Ba.Na.Sr/c2-1(3)4;;;/q-3;+2;+1;+2. The Kier molecular flexibility index (Phi) is 53.0. The molecule has 0 aliphatic carbocycles. The summed E-state index contributed by atoms with van der Waals surface area (Å²) in [4.78, 5) is 0. The molecule has 0 aliphatic heterocycles. The minimum atomic E-state index is -2.92. The van der Waals surface area contributed by atoms with E-state index in [4.69, 9.17) is 15.1 Å². The minimum absolute atomic E-state index is 0. The first-order valence-corrected chi connectivity index (χ1v) is 0.707. The van der Waals surface area contributed by atoms with E-state index in [1.54, 1.807) is 0 Å². The predicted molar refractivity (Wildman–Crippen MR) is 17.3 cm³/mol. The summed E-state index contributed by atoms with van der Waals surface area (Å²) in [7, 11) is -2.92. The second-order valence-electron chi connectivity index (χ2n) is 0.289. The van der Waals surface area contributed by atoms with Crippen molar-refractivity contribution >= 4 is 102 Å². The van der Waals surface area contributed by atoms with Crippen LogP contribution in [-0.4, -0.2) is 102 Å². The van der Waals surface area contributed by atoms with Crippen LogP contribution in [0.4, 0.5) is 0 Å². The molecule has 0 radical (unpaired) electrons. The second kappa shape index (κ2) is 16.5. The zero-order valence-corrected chi connectivity index (χ0v) is 14.1. The van der Waals surface area contributed by atoms with Gasteiger partial charge in [0.15, 0.2) is 0 Å². The predicted octanol–water partition coefficient (Wildman–Crippen LogP) is -7.71. The molecule has 0 amide bonds. The molecule has 0 saturated heterocycles. The van der Waals surface area contributed by atoms with Crippen LogP contribution in [0.25, 0.3) is 0 Å². The van der Waals surface area contributed by atoms with Gasteiger partial charge in [-0.3, -0.25) is 7.32 Å². The molecule has 0 fully saturated rings. The molecule has 0 bridgehead atoms.